The Balaban J connectivity index is 1.11. The van der Waals surface area contributed by atoms with Gasteiger partial charge in [-0.1, -0.05) is 18.2 Å². The number of rotatable bonds is 7. The van der Waals surface area contributed by atoms with E-state index in [1.165, 1.54) is 12.0 Å². The molecule has 0 amide bonds. The fourth-order valence-corrected chi connectivity index (χ4v) is 4.74. The summed E-state index contributed by atoms with van der Waals surface area (Å²) in [4.78, 5) is 25.0. The molecule has 0 spiro atoms. The molecule has 2 aliphatic rings. The van der Waals surface area contributed by atoms with Gasteiger partial charge in [-0.05, 0) is 55.3 Å². The Morgan fingerprint density at radius 2 is 1.74 bits per heavy atom. The molecular formula is C26H27N9. The maximum absolute atomic E-state index is 4.59. The minimum absolute atomic E-state index is 0.514. The summed E-state index contributed by atoms with van der Waals surface area (Å²) >= 11 is 0. The van der Waals surface area contributed by atoms with Crippen LogP contribution in [0.1, 0.15) is 17.7 Å². The fourth-order valence-electron chi connectivity index (χ4n) is 4.74. The van der Waals surface area contributed by atoms with Gasteiger partial charge in [0.05, 0.1) is 0 Å². The van der Waals surface area contributed by atoms with Gasteiger partial charge < -0.3 is 16.0 Å². The largest absolute Gasteiger partial charge is 0.325 e. The number of nitrogens with zero attached hydrogens (tertiary/aromatic N) is 6. The van der Waals surface area contributed by atoms with E-state index in [1.807, 2.05) is 25.1 Å². The number of aryl methyl sites for hydroxylation is 1. The minimum Gasteiger partial charge on any atom is -0.325 e. The van der Waals surface area contributed by atoms with Crippen LogP contribution in [-0.2, 0) is 6.54 Å². The number of hydrogen-bond acceptors (Lipinski definition) is 9. The average Bonchev–Trinajstić information content (AvgIpc) is 3.49. The van der Waals surface area contributed by atoms with Gasteiger partial charge in [0, 0.05) is 55.5 Å². The molecule has 35 heavy (non-hydrogen) atoms. The number of benzene rings is 1. The summed E-state index contributed by atoms with van der Waals surface area (Å²) in [5.41, 5.74) is 3.92. The van der Waals surface area contributed by atoms with Crippen molar-refractivity contribution in [1.82, 2.24) is 35.1 Å². The third-order valence-electron chi connectivity index (χ3n) is 6.45. The van der Waals surface area contributed by atoms with Crippen molar-refractivity contribution in [3.63, 3.8) is 0 Å². The van der Waals surface area contributed by atoms with Gasteiger partial charge in [-0.3, -0.25) is 4.90 Å². The number of hydrogen-bond donors (Lipinski definition) is 3. The molecule has 3 aromatic heterocycles. The molecule has 5 heterocycles. The summed E-state index contributed by atoms with van der Waals surface area (Å²) < 4.78 is 0. The van der Waals surface area contributed by atoms with E-state index in [2.05, 4.69) is 70.0 Å². The van der Waals surface area contributed by atoms with E-state index in [4.69, 9.17) is 0 Å². The summed E-state index contributed by atoms with van der Waals surface area (Å²) in [6, 6.07) is 19.3. The Labute approximate surface area is 204 Å². The van der Waals surface area contributed by atoms with E-state index in [-0.39, 0.29) is 0 Å². The number of pyridine rings is 1. The fraction of sp³-hybridized carbons (Fsp3) is 0.269. The molecule has 0 aliphatic carbocycles. The Morgan fingerprint density at radius 3 is 2.51 bits per heavy atom. The number of piperazine rings is 1. The van der Waals surface area contributed by atoms with Crippen molar-refractivity contribution in [2.24, 2.45) is 0 Å². The van der Waals surface area contributed by atoms with Gasteiger partial charge in [0.2, 0.25) is 5.95 Å². The first-order valence-electron chi connectivity index (χ1n) is 11.9. The predicted molar refractivity (Wildman–Crippen MR) is 136 cm³/mol. The lowest BCUT2D eigenvalue weighted by Crippen LogP contribution is -2.42. The Bertz CT molecular complexity index is 1320. The van der Waals surface area contributed by atoms with Gasteiger partial charge in [-0.15, -0.1) is 0 Å². The third kappa shape index (κ3) is 4.96. The van der Waals surface area contributed by atoms with Crippen LogP contribution in [0, 0.1) is 6.92 Å². The molecular weight excluding hydrogens is 438 g/mol. The van der Waals surface area contributed by atoms with Gasteiger partial charge in [0.15, 0.2) is 5.82 Å². The summed E-state index contributed by atoms with van der Waals surface area (Å²) in [6.45, 7) is 5.21. The number of fused-ring (bicyclic) bond motifs is 2. The quantitative estimate of drug-likeness (QED) is 0.377. The van der Waals surface area contributed by atoms with Crippen LogP contribution >= 0.6 is 0 Å². The molecule has 2 bridgehead atoms. The van der Waals surface area contributed by atoms with Gasteiger partial charge in [0.25, 0.3) is 0 Å². The molecule has 0 radical (unpaired) electrons. The zero-order valence-corrected chi connectivity index (χ0v) is 19.5. The maximum atomic E-state index is 4.59. The lowest BCUT2D eigenvalue weighted by Gasteiger charge is -2.27. The highest BCUT2D eigenvalue weighted by Gasteiger charge is 2.37. The third-order valence-corrected chi connectivity index (χ3v) is 6.45. The molecule has 2 fully saturated rings. The number of likely N-dealkylation sites (tertiary alicyclic amines) is 1. The monoisotopic (exact) mass is 465 g/mol. The molecule has 9 heteroatoms. The van der Waals surface area contributed by atoms with Crippen LogP contribution in [0.5, 0.6) is 0 Å². The van der Waals surface area contributed by atoms with E-state index in [0.29, 0.717) is 35.5 Å². The van der Waals surface area contributed by atoms with E-state index < -0.39 is 0 Å². The zero-order valence-electron chi connectivity index (χ0n) is 19.5. The molecule has 3 N–H and O–H groups in total. The van der Waals surface area contributed by atoms with Crippen LogP contribution in [-0.4, -0.2) is 55.0 Å². The van der Waals surface area contributed by atoms with Crippen molar-refractivity contribution in [3.05, 3.63) is 78.2 Å². The number of aromatic nitrogens is 5. The van der Waals surface area contributed by atoms with Crippen molar-refractivity contribution >= 4 is 23.3 Å². The molecule has 176 valence electrons. The van der Waals surface area contributed by atoms with E-state index in [1.54, 1.807) is 24.5 Å². The lowest BCUT2D eigenvalue weighted by molar-refractivity contribution is 0.218. The van der Waals surface area contributed by atoms with Crippen molar-refractivity contribution < 1.29 is 0 Å². The van der Waals surface area contributed by atoms with Crippen molar-refractivity contribution in [2.75, 3.05) is 23.7 Å². The van der Waals surface area contributed by atoms with E-state index in [0.717, 1.165) is 36.7 Å². The van der Waals surface area contributed by atoms with Crippen molar-refractivity contribution in [2.45, 2.75) is 32.0 Å². The van der Waals surface area contributed by atoms with Gasteiger partial charge in [0.1, 0.15) is 17.3 Å². The summed E-state index contributed by atoms with van der Waals surface area (Å²) in [7, 11) is 0. The van der Waals surface area contributed by atoms with Crippen LogP contribution in [0.3, 0.4) is 0 Å². The second kappa shape index (κ2) is 9.36. The Kier molecular flexibility index (Phi) is 5.77. The molecule has 9 nitrogen and oxygen atoms in total. The second-order valence-electron chi connectivity index (χ2n) is 9.07. The molecule has 1 aromatic carbocycles. The smallest absolute Gasteiger partial charge is 0.229 e. The van der Waals surface area contributed by atoms with Crippen molar-refractivity contribution in [1.29, 1.82) is 0 Å². The molecule has 2 saturated heterocycles. The maximum Gasteiger partial charge on any atom is 0.229 e. The van der Waals surface area contributed by atoms with Gasteiger partial charge in [-0.2, -0.15) is 4.98 Å². The zero-order chi connectivity index (χ0) is 23.6. The average molecular weight is 466 g/mol. The molecule has 2 aliphatic heterocycles. The first-order valence-corrected chi connectivity index (χ1v) is 11.9. The highest BCUT2D eigenvalue weighted by molar-refractivity contribution is 5.59. The standard InChI is InChI=1S/C26H27N9/c1-17-3-2-4-22(30-17)25-27-11-9-23(33-25)32-24-10-12-28-26(34-24)31-19-7-5-18(6-8-19)15-35-16-20-13-21(35)14-29-20/h2-12,20-21,29H,13-16H2,1H3,(H2,27,28,31,32,33,34)/t20-,21-/m1/s1. The second-order valence-corrected chi connectivity index (χ2v) is 9.07. The van der Waals surface area contributed by atoms with Crippen LogP contribution in [0.15, 0.2) is 67.0 Å². The topological polar surface area (TPSA) is 104 Å². The predicted octanol–water partition coefficient (Wildman–Crippen LogP) is 3.67. The van der Waals surface area contributed by atoms with Gasteiger partial charge >= 0.3 is 0 Å². The van der Waals surface area contributed by atoms with Gasteiger partial charge in [-0.25, -0.2) is 19.9 Å². The Hall–Kier alpha value is -3.95. The van der Waals surface area contributed by atoms with Crippen LogP contribution in [0.25, 0.3) is 11.5 Å². The lowest BCUT2D eigenvalue weighted by atomic mass is 10.1. The SMILES string of the molecule is Cc1cccc(-c2nccc(Nc3ccnc(Nc4ccc(CN5C[C@H]6C[C@@H]5CN6)cc4)n3)n2)n1. The van der Waals surface area contributed by atoms with Crippen LogP contribution in [0.4, 0.5) is 23.3 Å². The van der Waals surface area contributed by atoms with E-state index in [9.17, 15) is 0 Å². The van der Waals surface area contributed by atoms with Crippen molar-refractivity contribution in [3.8, 4) is 11.5 Å². The molecule has 0 saturated carbocycles. The first-order chi connectivity index (χ1) is 17.2. The minimum atomic E-state index is 0.514. The normalized spacial score (nSPS) is 19.1. The first kappa shape index (κ1) is 21.6. The van der Waals surface area contributed by atoms with Crippen LogP contribution < -0.4 is 16.0 Å². The Morgan fingerprint density at radius 1 is 0.914 bits per heavy atom. The summed E-state index contributed by atoms with van der Waals surface area (Å²) in [6.07, 6.45) is 4.70. The molecule has 4 aromatic rings. The summed E-state index contributed by atoms with van der Waals surface area (Å²) in [5, 5.41) is 10.1. The molecule has 2 atom stereocenters. The highest BCUT2D eigenvalue weighted by Crippen LogP contribution is 2.26. The van der Waals surface area contributed by atoms with E-state index >= 15 is 0 Å². The highest BCUT2D eigenvalue weighted by atomic mass is 15.3. The molecule has 0 unspecified atom stereocenters. The summed E-state index contributed by atoms with van der Waals surface area (Å²) in [5.74, 6) is 2.35. The number of nitrogens with one attached hydrogen (secondary N) is 3. The van der Waals surface area contributed by atoms with Crippen LogP contribution in [0.2, 0.25) is 0 Å². The number of anilines is 4. The molecule has 6 rings (SSSR count).